The highest BCUT2D eigenvalue weighted by molar-refractivity contribution is 7.90. The van der Waals surface area contributed by atoms with E-state index in [9.17, 15) is 23.1 Å². The van der Waals surface area contributed by atoms with Gasteiger partial charge in [-0.15, -0.1) is 0 Å². The average molecular weight is 521 g/mol. The fraction of sp³-hybridized carbons (Fsp3) is 0.222. The van der Waals surface area contributed by atoms with Crippen LogP contribution in [-0.4, -0.2) is 60.2 Å². The molecule has 4 rings (SSSR count). The van der Waals surface area contributed by atoms with Crippen LogP contribution in [-0.2, 0) is 32.6 Å². The van der Waals surface area contributed by atoms with Crippen molar-refractivity contribution < 1.29 is 23.1 Å². The Morgan fingerprint density at radius 2 is 1.70 bits per heavy atom. The number of nitrogens with zero attached hydrogens (tertiary/aromatic N) is 3. The summed E-state index contributed by atoms with van der Waals surface area (Å²) in [6.45, 7) is 0.223. The molecule has 2 amide bonds. The number of nitrogens with one attached hydrogen (secondary N) is 1. The molecule has 37 heavy (non-hydrogen) atoms. The molecule has 3 aromatic carbocycles. The first kappa shape index (κ1) is 26.1. The van der Waals surface area contributed by atoms with Crippen molar-refractivity contribution >= 4 is 32.6 Å². The molecule has 0 aliphatic rings. The van der Waals surface area contributed by atoms with Gasteiger partial charge in [0.05, 0.1) is 24.2 Å². The summed E-state index contributed by atoms with van der Waals surface area (Å²) in [5.74, 6) is -2.88. The summed E-state index contributed by atoms with van der Waals surface area (Å²) in [7, 11) is -2.78. The van der Waals surface area contributed by atoms with Crippen molar-refractivity contribution in [3.8, 4) is 0 Å². The Bertz CT molecular complexity index is 1500. The van der Waals surface area contributed by atoms with Crippen molar-refractivity contribution in [3.05, 3.63) is 96.3 Å². The molecule has 0 bridgehead atoms. The van der Waals surface area contributed by atoms with Gasteiger partial charge in [0.25, 0.3) is 10.0 Å². The molecule has 0 fully saturated rings. The van der Waals surface area contributed by atoms with Crippen LogP contribution in [0, 0.1) is 5.92 Å². The third kappa shape index (κ3) is 6.41. The van der Waals surface area contributed by atoms with Crippen molar-refractivity contribution in [3.63, 3.8) is 0 Å². The third-order valence-corrected chi connectivity index (χ3v) is 7.35. The summed E-state index contributed by atoms with van der Waals surface area (Å²) in [5, 5.41) is 15.1. The van der Waals surface area contributed by atoms with Crippen LogP contribution >= 0.6 is 0 Å². The molecule has 4 aromatic rings. The van der Waals surface area contributed by atoms with Gasteiger partial charge in [-0.3, -0.25) is 14.3 Å². The molecule has 1 aromatic heterocycles. The van der Waals surface area contributed by atoms with Crippen LogP contribution in [0.25, 0.3) is 10.8 Å². The summed E-state index contributed by atoms with van der Waals surface area (Å²) in [6.07, 6.45) is 3.23. The minimum absolute atomic E-state index is 0.00725. The highest BCUT2D eigenvalue weighted by atomic mass is 32.2. The van der Waals surface area contributed by atoms with E-state index in [-0.39, 0.29) is 24.5 Å². The maximum atomic E-state index is 13.2. The van der Waals surface area contributed by atoms with Gasteiger partial charge in [0.15, 0.2) is 0 Å². The fourth-order valence-electron chi connectivity index (χ4n) is 4.02. The van der Waals surface area contributed by atoms with E-state index in [1.807, 2.05) is 42.5 Å². The van der Waals surface area contributed by atoms with Crippen LogP contribution in [0.2, 0.25) is 0 Å². The monoisotopic (exact) mass is 520 g/mol. The topological polar surface area (TPSA) is 122 Å². The maximum Gasteiger partial charge on any atom is 0.264 e. The number of likely N-dealkylation sites (N-methyl/N-ethyl adjacent to an activating group) is 1. The van der Waals surface area contributed by atoms with Gasteiger partial charge < -0.3 is 10.0 Å². The van der Waals surface area contributed by atoms with Crippen LogP contribution < -0.4 is 4.72 Å². The smallest absolute Gasteiger partial charge is 0.264 e. The first-order valence-corrected chi connectivity index (χ1v) is 13.2. The van der Waals surface area contributed by atoms with Gasteiger partial charge in [0.2, 0.25) is 11.8 Å². The SMILES string of the molecule is CN(CCO)C(=O)C(Cc1cnn(Cc2ccccc2)c1)C(=O)NS(=O)(=O)c1ccc2ccccc2c1. The number of hydrogen-bond donors (Lipinski definition) is 2. The lowest BCUT2D eigenvalue weighted by molar-refractivity contribution is -0.140. The normalized spacial score (nSPS) is 12.3. The number of aromatic nitrogens is 2. The van der Waals surface area contributed by atoms with Crippen molar-refractivity contribution in [2.75, 3.05) is 20.2 Å². The molecule has 1 heterocycles. The lowest BCUT2D eigenvalue weighted by atomic mass is 9.99. The number of sulfonamides is 1. The molecule has 2 N–H and O–H groups in total. The van der Waals surface area contributed by atoms with Crippen LogP contribution in [0.3, 0.4) is 0 Å². The molecule has 1 unspecified atom stereocenters. The van der Waals surface area contributed by atoms with Crippen molar-refractivity contribution in [2.45, 2.75) is 17.9 Å². The predicted molar refractivity (Wildman–Crippen MR) is 139 cm³/mol. The lowest BCUT2D eigenvalue weighted by Gasteiger charge is -2.22. The Balaban J connectivity index is 1.55. The van der Waals surface area contributed by atoms with Crippen LogP contribution in [0.1, 0.15) is 11.1 Å². The van der Waals surface area contributed by atoms with E-state index in [1.54, 1.807) is 35.3 Å². The van der Waals surface area contributed by atoms with Gasteiger partial charge in [-0.25, -0.2) is 13.1 Å². The summed E-state index contributed by atoms with van der Waals surface area (Å²) in [4.78, 5) is 27.5. The largest absolute Gasteiger partial charge is 0.395 e. The molecule has 192 valence electrons. The molecule has 0 aliphatic carbocycles. The van der Waals surface area contributed by atoms with E-state index in [2.05, 4.69) is 9.82 Å². The Morgan fingerprint density at radius 1 is 1.00 bits per heavy atom. The quantitative estimate of drug-likeness (QED) is 0.309. The van der Waals surface area contributed by atoms with Gasteiger partial charge in [-0.05, 0) is 40.5 Å². The summed E-state index contributed by atoms with van der Waals surface area (Å²) in [6, 6.07) is 21.5. The summed E-state index contributed by atoms with van der Waals surface area (Å²) in [5.41, 5.74) is 1.64. The number of aliphatic hydroxyl groups excluding tert-OH is 1. The summed E-state index contributed by atoms with van der Waals surface area (Å²) >= 11 is 0. The number of carbonyl (C=O) groups excluding carboxylic acids is 2. The second-order valence-electron chi connectivity index (χ2n) is 8.75. The molecule has 0 radical (unpaired) electrons. The van der Waals surface area contributed by atoms with Crippen LogP contribution in [0.5, 0.6) is 0 Å². The molecule has 0 spiro atoms. The molecular formula is C27H28N4O5S. The van der Waals surface area contributed by atoms with Crippen molar-refractivity contribution in [2.24, 2.45) is 5.92 Å². The molecule has 1 atom stereocenters. The minimum atomic E-state index is -4.24. The van der Waals surface area contributed by atoms with Crippen molar-refractivity contribution in [1.82, 2.24) is 19.4 Å². The van der Waals surface area contributed by atoms with E-state index in [0.717, 1.165) is 10.9 Å². The lowest BCUT2D eigenvalue weighted by Crippen LogP contribution is -2.45. The molecule has 0 saturated heterocycles. The second kappa shape index (κ2) is 11.4. The fourth-order valence-corrected chi connectivity index (χ4v) is 5.07. The zero-order valence-electron chi connectivity index (χ0n) is 20.3. The van der Waals surface area contributed by atoms with Gasteiger partial charge in [0.1, 0.15) is 5.92 Å². The summed E-state index contributed by atoms with van der Waals surface area (Å²) < 4.78 is 29.9. The van der Waals surface area contributed by atoms with Crippen LogP contribution in [0.4, 0.5) is 0 Å². The van der Waals surface area contributed by atoms with Gasteiger partial charge >= 0.3 is 0 Å². The Kier molecular flexibility index (Phi) is 8.00. The minimum Gasteiger partial charge on any atom is -0.395 e. The van der Waals surface area contributed by atoms with Gasteiger partial charge in [-0.1, -0.05) is 60.7 Å². The zero-order chi connectivity index (χ0) is 26.4. The Morgan fingerprint density at radius 3 is 2.43 bits per heavy atom. The Labute approximate surface area is 215 Å². The number of rotatable bonds is 10. The highest BCUT2D eigenvalue weighted by Gasteiger charge is 2.33. The van der Waals surface area contributed by atoms with Crippen molar-refractivity contribution in [1.29, 1.82) is 0 Å². The molecule has 10 heteroatoms. The number of benzene rings is 3. The number of amides is 2. The zero-order valence-corrected chi connectivity index (χ0v) is 21.1. The van der Waals surface area contributed by atoms with Gasteiger partial charge in [-0.2, -0.15) is 5.10 Å². The number of carbonyl (C=O) groups is 2. The van der Waals surface area contributed by atoms with E-state index in [1.165, 1.54) is 24.1 Å². The van der Waals surface area contributed by atoms with Crippen LogP contribution in [0.15, 0.2) is 90.1 Å². The molecular weight excluding hydrogens is 492 g/mol. The highest BCUT2D eigenvalue weighted by Crippen LogP contribution is 2.20. The Hall–Kier alpha value is -4.02. The van der Waals surface area contributed by atoms with E-state index < -0.39 is 27.8 Å². The second-order valence-corrected chi connectivity index (χ2v) is 10.4. The number of aliphatic hydroxyl groups is 1. The first-order chi connectivity index (χ1) is 17.8. The predicted octanol–water partition coefficient (Wildman–Crippen LogP) is 2.20. The molecule has 9 nitrogen and oxygen atoms in total. The standard InChI is InChI=1S/C27H28N4O5S/c1-30(13-14-32)27(34)25(15-21-17-28-31(19-21)18-20-7-3-2-4-8-20)26(33)29-37(35,36)24-12-11-22-9-5-6-10-23(22)16-24/h2-12,16-17,19,25,32H,13-15,18H2,1H3,(H,29,33). The first-order valence-electron chi connectivity index (χ1n) is 11.7. The van der Waals surface area contributed by atoms with E-state index >= 15 is 0 Å². The molecule has 0 saturated carbocycles. The number of hydrogen-bond acceptors (Lipinski definition) is 6. The maximum absolute atomic E-state index is 13.2. The van der Waals surface area contributed by atoms with Gasteiger partial charge in [0, 0.05) is 19.8 Å². The van der Waals surface area contributed by atoms with E-state index in [4.69, 9.17) is 0 Å². The van der Waals surface area contributed by atoms with E-state index in [0.29, 0.717) is 17.5 Å². The third-order valence-electron chi connectivity index (χ3n) is 6.01. The molecule has 0 aliphatic heterocycles. The number of fused-ring (bicyclic) bond motifs is 1. The average Bonchev–Trinajstić information content (AvgIpc) is 3.33.